The lowest BCUT2D eigenvalue weighted by molar-refractivity contribution is -0.274. The molecule has 7 nitrogen and oxygen atoms in total. The van der Waals surface area contributed by atoms with Crippen molar-refractivity contribution in [1.29, 1.82) is 0 Å². The van der Waals surface area contributed by atoms with Crippen LogP contribution in [-0.2, 0) is 14.3 Å². The number of carbonyl (C=O) groups excluding carboxylic acids is 2. The Hall–Kier alpha value is -2.33. The van der Waals surface area contributed by atoms with Gasteiger partial charge in [0.2, 0.25) is 11.8 Å². The first-order valence-corrected chi connectivity index (χ1v) is 10.0. The summed E-state index contributed by atoms with van der Waals surface area (Å²) in [7, 11) is 0. The molecule has 2 fully saturated rings. The maximum absolute atomic E-state index is 12.6. The Morgan fingerprint density at radius 3 is 2.27 bits per heavy atom. The van der Waals surface area contributed by atoms with Crippen LogP contribution >= 0.6 is 0 Å². The number of rotatable bonds is 5. The van der Waals surface area contributed by atoms with Crippen LogP contribution in [0.2, 0.25) is 0 Å². The molecular formula is C20H26F3N3O4. The van der Waals surface area contributed by atoms with Gasteiger partial charge >= 0.3 is 6.36 Å². The number of benzene rings is 1. The topological polar surface area (TPSA) is 71.1 Å². The lowest BCUT2D eigenvalue weighted by atomic mass is 9.94. The van der Waals surface area contributed by atoms with Gasteiger partial charge in [-0.1, -0.05) is 0 Å². The molecule has 0 saturated carbocycles. The van der Waals surface area contributed by atoms with Crippen molar-refractivity contribution < 1.29 is 32.2 Å². The van der Waals surface area contributed by atoms with E-state index in [2.05, 4.69) is 10.1 Å². The van der Waals surface area contributed by atoms with E-state index in [-0.39, 0.29) is 23.5 Å². The molecule has 2 saturated heterocycles. The van der Waals surface area contributed by atoms with Crippen LogP contribution in [-0.4, -0.2) is 73.4 Å². The fourth-order valence-corrected chi connectivity index (χ4v) is 3.73. The van der Waals surface area contributed by atoms with Crippen molar-refractivity contribution in [2.75, 3.05) is 44.7 Å². The van der Waals surface area contributed by atoms with Crippen LogP contribution in [0.1, 0.15) is 19.8 Å². The largest absolute Gasteiger partial charge is 0.573 e. The van der Waals surface area contributed by atoms with Crippen molar-refractivity contribution >= 4 is 17.5 Å². The van der Waals surface area contributed by atoms with Crippen molar-refractivity contribution in [3.05, 3.63) is 24.3 Å². The van der Waals surface area contributed by atoms with E-state index in [0.717, 1.165) is 12.1 Å². The Morgan fingerprint density at radius 2 is 1.70 bits per heavy atom. The van der Waals surface area contributed by atoms with Gasteiger partial charge in [0.05, 0.1) is 19.3 Å². The molecule has 0 aromatic heterocycles. The van der Waals surface area contributed by atoms with E-state index >= 15 is 0 Å². The molecule has 0 bridgehead atoms. The average molecular weight is 429 g/mol. The first kappa shape index (κ1) is 22.4. The zero-order valence-corrected chi connectivity index (χ0v) is 16.8. The molecule has 1 aromatic carbocycles. The number of piperidine rings is 1. The molecule has 2 aliphatic heterocycles. The third kappa shape index (κ3) is 6.09. The molecule has 2 amide bonds. The van der Waals surface area contributed by atoms with E-state index in [9.17, 15) is 22.8 Å². The van der Waals surface area contributed by atoms with Gasteiger partial charge in [-0.3, -0.25) is 14.5 Å². The molecular weight excluding hydrogens is 403 g/mol. The van der Waals surface area contributed by atoms with Crippen LogP contribution in [0.25, 0.3) is 0 Å². The standard InChI is InChI=1S/C20H26F3N3O4/c1-14(18(27)24-16-2-4-17(5-3-16)30-20(21,22)23)25-8-6-15(7-9-25)19(28)26-10-12-29-13-11-26/h2-5,14-15H,6-13H2,1H3,(H,24,27)/t14-/m0/s1. The molecule has 2 aliphatic rings. The Morgan fingerprint density at radius 1 is 1.10 bits per heavy atom. The van der Waals surface area contributed by atoms with Gasteiger partial charge in [0.15, 0.2) is 0 Å². The number of anilines is 1. The van der Waals surface area contributed by atoms with Crippen LogP contribution in [0.3, 0.4) is 0 Å². The van der Waals surface area contributed by atoms with E-state index < -0.39 is 12.4 Å². The van der Waals surface area contributed by atoms with E-state index in [1.807, 2.05) is 9.80 Å². The van der Waals surface area contributed by atoms with Crippen LogP contribution in [0.15, 0.2) is 24.3 Å². The molecule has 0 spiro atoms. The van der Waals surface area contributed by atoms with Gasteiger partial charge in [0.25, 0.3) is 0 Å². The van der Waals surface area contributed by atoms with Gasteiger partial charge in [-0.25, -0.2) is 0 Å². The second-order valence-electron chi connectivity index (χ2n) is 7.49. The fourth-order valence-electron chi connectivity index (χ4n) is 3.73. The number of hydrogen-bond acceptors (Lipinski definition) is 5. The zero-order valence-electron chi connectivity index (χ0n) is 16.8. The molecule has 166 valence electrons. The van der Waals surface area contributed by atoms with Crippen molar-refractivity contribution in [3.8, 4) is 5.75 Å². The summed E-state index contributed by atoms with van der Waals surface area (Å²) in [6.45, 7) is 5.45. The van der Waals surface area contributed by atoms with Gasteiger partial charge in [0.1, 0.15) is 5.75 Å². The first-order valence-electron chi connectivity index (χ1n) is 10.0. The van der Waals surface area contributed by atoms with Gasteiger partial charge in [0, 0.05) is 24.7 Å². The third-order valence-corrected chi connectivity index (χ3v) is 5.48. The molecule has 0 aliphatic carbocycles. The fraction of sp³-hybridized carbons (Fsp3) is 0.600. The van der Waals surface area contributed by atoms with E-state index in [4.69, 9.17) is 4.74 Å². The normalized spacial score (nSPS) is 19.9. The van der Waals surface area contributed by atoms with Crippen molar-refractivity contribution in [2.24, 2.45) is 5.92 Å². The number of morpholine rings is 1. The quantitative estimate of drug-likeness (QED) is 0.779. The number of amides is 2. The molecule has 1 N–H and O–H groups in total. The minimum absolute atomic E-state index is 0.0317. The van der Waals surface area contributed by atoms with Crippen LogP contribution in [0, 0.1) is 5.92 Å². The lowest BCUT2D eigenvalue weighted by Crippen LogP contribution is -2.50. The number of ether oxygens (including phenoxy) is 2. The molecule has 2 heterocycles. The van der Waals surface area contributed by atoms with Crippen molar-refractivity contribution in [1.82, 2.24) is 9.80 Å². The van der Waals surface area contributed by atoms with Gasteiger partial charge in [-0.15, -0.1) is 13.2 Å². The predicted molar refractivity (Wildman–Crippen MR) is 103 cm³/mol. The Balaban J connectivity index is 1.47. The highest BCUT2D eigenvalue weighted by atomic mass is 19.4. The summed E-state index contributed by atoms with van der Waals surface area (Å²) >= 11 is 0. The minimum atomic E-state index is -4.76. The van der Waals surface area contributed by atoms with Crippen molar-refractivity contribution in [3.63, 3.8) is 0 Å². The van der Waals surface area contributed by atoms with E-state index in [1.54, 1.807) is 6.92 Å². The SMILES string of the molecule is C[C@@H](C(=O)Nc1ccc(OC(F)(F)F)cc1)N1CCC(C(=O)N2CCOCC2)CC1. The van der Waals surface area contributed by atoms with Gasteiger partial charge < -0.3 is 19.7 Å². The minimum Gasteiger partial charge on any atom is -0.406 e. The van der Waals surface area contributed by atoms with E-state index in [1.165, 1.54) is 12.1 Å². The van der Waals surface area contributed by atoms with Crippen LogP contribution in [0.4, 0.5) is 18.9 Å². The third-order valence-electron chi connectivity index (χ3n) is 5.48. The smallest absolute Gasteiger partial charge is 0.406 e. The second-order valence-corrected chi connectivity index (χ2v) is 7.49. The molecule has 30 heavy (non-hydrogen) atoms. The monoisotopic (exact) mass is 429 g/mol. The highest BCUT2D eigenvalue weighted by Gasteiger charge is 2.33. The second kappa shape index (κ2) is 9.65. The molecule has 1 aromatic rings. The summed E-state index contributed by atoms with van der Waals surface area (Å²) in [5, 5.41) is 2.71. The maximum atomic E-state index is 12.6. The van der Waals surface area contributed by atoms with Gasteiger partial charge in [-0.05, 0) is 57.1 Å². The Labute approximate surface area is 173 Å². The van der Waals surface area contributed by atoms with Crippen molar-refractivity contribution in [2.45, 2.75) is 32.2 Å². The number of nitrogens with one attached hydrogen (secondary N) is 1. The van der Waals surface area contributed by atoms with E-state index in [0.29, 0.717) is 57.9 Å². The summed E-state index contributed by atoms with van der Waals surface area (Å²) in [5.74, 6) is -0.468. The number of halogens is 3. The molecule has 0 radical (unpaired) electrons. The summed E-state index contributed by atoms with van der Waals surface area (Å²) in [4.78, 5) is 29.0. The number of nitrogens with zero attached hydrogens (tertiary/aromatic N) is 2. The molecule has 3 rings (SSSR count). The number of hydrogen-bond donors (Lipinski definition) is 1. The number of carbonyl (C=O) groups is 2. The number of alkyl halides is 3. The average Bonchev–Trinajstić information content (AvgIpc) is 2.74. The van der Waals surface area contributed by atoms with Gasteiger partial charge in [-0.2, -0.15) is 0 Å². The highest BCUT2D eigenvalue weighted by Crippen LogP contribution is 2.25. The summed E-state index contributed by atoms with van der Waals surface area (Å²) in [6.07, 6.45) is -3.37. The summed E-state index contributed by atoms with van der Waals surface area (Å²) in [5.41, 5.74) is 0.388. The van der Waals surface area contributed by atoms with Crippen LogP contribution in [0.5, 0.6) is 5.75 Å². The number of likely N-dealkylation sites (tertiary alicyclic amines) is 1. The molecule has 10 heteroatoms. The molecule has 0 unspecified atom stereocenters. The molecule has 1 atom stereocenters. The zero-order chi connectivity index (χ0) is 21.7. The highest BCUT2D eigenvalue weighted by molar-refractivity contribution is 5.94. The lowest BCUT2D eigenvalue weighted by Gasteiger charge is -2.37. The Kier molecular flexibility index (Phi) is 7.19. The summed E-state index contributed by atoms with van der Waals surface area (Å²) < 4.78 is 45.8. The summed E-state index contributed by atoms with van der Waals surface area (Å²) in [6, 6.07) is 4.60. The van der Waals surface area contributed by atoms with Crippen LogP contribution < -0.4 is 10.1 Å². The Bertz CT molecular complexity index is 728. The first-order chi connectivity index (χ1) is 14.2. The maximum Gasteiger partial charge on any atom is 0.573 e. The predicted octanol–water partition coefficient (Wildman–Crippen LogP) is 2.48.